The van der Waals surface area contributed by atoms with E-state index in [-0.39, 0.29) is 0 Å². The number of nitrogens with zero attached hydrogens (tertiary/aromatic N) is 2. The zero-order chi connectivity index (χ0) is 14.2. The van der Waals surface area contributed by atoms with Crippen molar-refractivity contribution in [2.75, 3.05) is 5.73 Å². The zero-order valence-electron chi connectivity index (χ0n) is 11.2. The summed E-state index contributed by atoms with van der Waals surface area (Å²) in [7, 11) is 0. The van der Waals surface area contributed by atoms with Crippen LogP contribution >= 0.6 is 23.2 Å². The molecule has 1 aromatic heterocycles. The standard InChI is InChI=1S/C14H17Cl2N3/c1-8(2)7-19-9(3)18-13(14(19)17)10-5-4-6-11(15)12(10)16/h4-6,8H,7,17H2,1-3H3. The number of nitrogen functional groups attached to an aromatic ring is 1. The maximum absolute atomic E-state index is 6.23. The summed E-state index contributed by atoms with van der Waals surface area (Å²) in [5.74, 6) is 2.02. The first-order valence-corrected chi connectivity index (χ1v) is 6.94. The zero-order valence-corrected chi connectivity index (χ0v) is 12.8. The minimum Gasteiger partial charge on any atom is -0.383 e. The van der Waals surface area contributed by atoms with Crippen LogP contribution in [0.4, 0.5) is 5.82 Å². The summed E-state index contributed by atoms with van der Waals surface area (Å²) >= 11 is 12.3. The van der Waals surface area contributed by atoms with Crippen molar-refractivity contribution < 1.29 is 0 Å². The highest BCUT2D eigenvalue weighted by Gasteiger charge is 2.17. The monoisotopic (exact) mass is 297 g/mol. The molecule has 2 rings (SSSR count). The van der Waals surface area contributed by atoms with Crippen molar-refractivity contribution in [3.63, 3.8) is 0 Å². The highest BCUT2D eigenvalue weighted by Crippen LogP contribution is 2.36. The Morgan fingerprint density at radius 1 is 1.32 bits per heavy atom. The third kappa shape index (κ3) is 2.72. The van der Waals surface area contributed by atoms with Gasteiger partial charge in [0, 0.05) is 12.1 Å². The van der Waals surface area contributed by atoms with E-state index in [1.165, 1.54) is 0 Å². The summed E-state index contributed by atoms with van der Waals surface area (Å²) in [5.41, 5.74) is 7.68. The van der Waals surface area contributed by atoms with Gasteiger partial charge >= 0.3 is 0 Å². The van der Waals surface area contributed by atoms with E-state index in [0.29, 0.717) is 27.5 Å². The van der Waals surface area contributed by atoms with Gasteiger partial charge in [-0.3, -0.25) is 0 Å². The van der Waals surface area contributed by atoms with Gasteiger partial charge in [0.15, 0.2) is 0 Å². The van der Waals surface area contributed by atoms with Crippen LogP contribution in [0.5, 0.6) is 0 Å². The average Bonchev–Trinajstić information content (AvgIpc) is 2.60. The van der Waals surface area contributed by atoms with Gasteiger partial charge in [-0.1, -0.05) is 49.2 Å². The molecular formula is C14H17Cl2N3. The van der Waals surface area contributed by atoms with E-state index in [0.717, 1.165) is 17.9 Å². The van der Waals surface area contributed by atoms with Crippen LogP contribution in [0.2, 0.25) is 10.0 Å². The lowest BCUT2D eigenvalue weighted by molar-refractivity contribution is 0.518. The molecule has 102 valence electrons. The molecule has 0 saturated heterocycles. The van der Waals surface area contributed by atoms with Gasteiger partial charge in [-0.05, 0) is 18.9 Å². The number of imidazole rings is 1. The number of rotatable bonds is 3. The van der Waals surface area contributed by atoms with Crippen molar-refractivity contribution >= 4 is 29.0 Å². The van der Waals surface area contributed by atoms with Crippen LogP contribution in [0.25, 0.3) is 11.3 Å². The predicted molar refractivity (Wildman–Crippen MR) is 81.7 cm³/mol. The second kappa shape index (κ2) is 5.43. The Labute approximate surface area is 123 Å². The van der Waals surface area contributed by atoms with Crippen LogP contribution in [0.1, 0.15) is 19.7 Å². The molecule has 2 N–H and O–H groups in total. The highest BCUT2D eigenvalue weighted by atomic mass is 35.5. The molecule has 0 amide bonds. The van der Waals surface area contributed by atoms with Gasteiger partial charge in [-0.25, -0.2) is 4.98 Å². The van der Waals surface area contributed by atoms with Crippen molar-refractivity contribution in [2.24, 2.45) is 5.92 Å². The molecule has 0 saturated carbocycles. The summed E-state index contributed by atoms with van der Waals surface area (Å²) in [4.78, 5) is 4.53. The molecule has 0 aliphatic carbocycles. The summed E-state index contributed by atoms with van der Waals surface area (Å²) < 4.78 is 2.01. The summed E-state index contributed by atoms with van der Waals surface area (Å²) in [6.45, 7) is 7.07. The fourth-order valence-corrected chi connectivity index (χ4v) is 2.45. The Morgan fingerprint density at radius 3 is 2.63 bits per heavy atom. The largest absolute Gasteiger partial charge is 0.383 e. The van der Waals surface area contributed by atoms with Gasteiger partial charge in [0.05, 0.1) is 10.0 Å². The van der Waals surface area contributed by atoms with Crippen LogP contribution in [0, 0.1) is 12.8 Å². The molecular weight excluding hydrogens is 281 g/mol. The number of hydrogen-bond donors (Lipinski definition) is 1. The molecule has 0 bridgehead atoms. The number of anilines is 1. The molecule has 19 heavy (non-hydrogen) atoms. The lowest BCUT2D eigenvalue weighted by Gasteiger charge is -2.10. The van der Waals surface area contributed by atoms with Crippen molar-refractivity contribution in [3.8, 4) is 11.3 Å². The molecule has 0 radical (unpaired) electrons. The molecule has 3 nitrogen and oxygen atoms in total. The van der Waals surface area contributed by atoms with Gasteiger partial charge in [0.2, 0.25) is 0 Å². The van der Waals surface area contributed by atoms with E-state index in [4.69, 9.17) is 28.9 Å². The van der Waals surface area contributed by atoms with Crippen LogP contribution in [0.15, 0.2) is 18.2 Å². The Hall–Kier alpha value is -1.19. The third-order valence-electron chi connectivity index (χ3n) is 2.95. The summed E-state index contributed by atoms with van der Waals surface area (Å²) in [6, 6.07) is 5.48. The molecule has 0 fully saturated rings. The van der Waals surface area contributed by atoms with Crippen LogP contribution in [-0.4, -0.2) is 9.55 Å². The van der Waals surface area contributed by atoms with Crippen LogP contribution < -0.4 is 5.73 Å². The van der Waals surface area contributed by atoms with Crippen molar-refractivity contribution in [2.45, 2.75) is 27.3 Å². The first-order valence-electron chi connectivity index (χ1n) is 6.18. The fourth-order valence-electron chi connectivity index (χ4n) is 2.06. The van der Waals surface area contributed by atoms with E-state index in [2.05, 4.69) is 18.8 Å². The second-order valence-electron chi connectivity index (χ2n) is 5.00. The highest BCUT2D eigenvalue weighted by molar-refractivity contribution is 6.43. The maximum atomic E-state index is 6.23. The second-order valence-corrected chi connectivity index (χ2v) is 5.78. The summed E-state index contributed by atoms with van der Waals surface area (Å²) in [5, 5.41) is 1.000. The minimum absolute atomic E-state index is 0.491. The SMILES string of the molecule is Cc1nc(-c2cccc(Cl)c2Cl)c(N)n1CC(C)C. The minimum atomic E-state index is 0.491. The predicted octanol–water partition coefficient (Wildman–Crippen LogP) is 4.40. The molecule has 0 aliphatic rings. The van der Waals surface area contributed by atoms with Crippen molar-refractivity contribution in [1.82, 2.24) is 9.55 Å². The van der Waals surface area contributed by atoms with Crippen molar-refractivity contribution in [3.05, 3.63) is 34.1 Å². The first-order chi connectivity index (χ1) is 8.91. The fraction of sp³-hybridized carbons (Fsp3) is 0.357. The average molecular weight is 298 g/mol. The van der Waals surface area contributed by atoms with E-state index in [9.17, 15) is 0 Å². The first kappa shape index (κ1) is 14.2. The van der Waals surface area contributed by atoms with Crippen molar-refractivity contribution in [1.29, 1.82) is 0 Å². The smallest absolute Gasteiger partial charge is 0.131 e. The third-order valence-corrected chi connectivity index (χ3v) is 3.77. The number of aryl methyl sites for hydroxylation is 1. The number of hydrogen-bond acceptors (Lipinski definition) is 2. The summed E-state index contributed by atoms with van der Waals surface area (Å²) in [6.07, 6.45) is 0. The Bertz CT molecular complexity index is 603. The lowest BCUT2D eigenvalue weighted by atomic mass is 10.1. The number of benzene rings is 1. The molecule has 2 aromatic rings. The Balaban J connectivity index is 2.55. The normalized spacial score (nSPS) is 11.3. The van der Waals surface area contributed by atoms with Gasteiger partial charge in [-0.15, -0.1) is 0 Å². The topological polar surface area (TPSA) is 43.8 Å². The molecule has 0 spiro atoms. The van der Waals surface area contributed by atoms with Crippen LogP contribution in [-0.2, 0) is 6.54 Å². The van der Waals surface area contributed by atoms with Gasteiger partial charge in [0.25, 0.3) is 0 Å². The Morgan fingerprint density at radius 2 is 2.00 bits per heavy atom. The van der Waals surface area contributed by atoms with Gasteiger partial charge in [0.1, 0.15) is 17.3 Å². The van der Waals surface area contributed by atoms with Gasteiger partial charge in [-0.2, -0.15) is 0 Å². The van der Waals surface area contributed by atoms with E-state index in [1.54, 1.807) is 6.07 Å². The van der Waals surface area contributed by atoms with Crippen LogP contribution in [0.3, 0.4) is 0 Å². The number of aromatic nitrogens is 2. The quantitative estimate of drug-likeness (QED) is 0.912. The molecule has 5 heteroatoms. The molecule has 0 unspecified atom stereocenters. The van der Waals surface area contributed by atoms with Gasteiger partial charge < -0.3 is 10.3 Å². The molecule has 1 heterocycles. The number of nitrogens with two attached hydrogens (primary N) is 1. The van der Waals surface area contributed by atoms with E-state index < -0.39 is 0 Å². The lowest BCUT2D eigenvalue weighted by Crippen LogP contribution is -2.09. The Kier molecular flexibility index (Phi) is 4.07. The van der Waals surface area contributed by atoms with E-state index >= 15 is 0 Å². The molecule has 0 atom stereocenters. The number of halogens is 2. The van der Waals surface area contributed by atoms with E-state index in [1.807, 2.05) is 23.6 Å². The molecule has 1 aromatic carbocycles. The maximum Gasteiger partial charge on any atom is 0.131 e. The molecule has 0 aliphatic heterocycles.